The molecule has 0 spiro atoms. The minimum atomic E-state index is 0.995. The van der Waals surface area contributed by atoms with Gasteiger partial charge < -0.3 is 5.32 Å². The molecule has 0 aliphatic rings. The van der Waals surface area contributed by atoms with Gasteiger partial charge in [0, 0.05) is 11.4 Å². The lowest BCUT2D eigenvalue weighted by atomic mass is 10.3. The highest BCUT2D eigenvalue weighted by molar-refractivity contribution is 5.50. The fraction of sp³-hybridized carbons (Fsp3) is 0.294. The average molecular weight is 245 g/mol. The van der Waals surface area contributed by atoms with Crippen molar-refractivity contribution >= 4 is 5.69 Å². The van der Waals surface area contributed by atoms with Crippen molar-refractivity contribution in [2.75, 3.05) is 5.32 Å². The van der Waals surface area contributed by atoms with Crippen LogP contribution in [0.2, 0.25) is 0 Å². The molecule has 0 atom stereocenters. The summed E-state index contributed by atoms with van der Waals surface area (Å²) in [5.41, 5.74) is 2.07. The van der Waals surface area contributed by atoms with Crippen LogP contribution in [-0.2, 0) is 0 Å². The molecule has 0 unspecified atom stereocenters. The molecule has 18 heavy (non-hydrogen) atoms. The van der Waals surface area contributed by atoms with Crippen LogP contribution >= 0.6 is 0 Å². The van der Waals surface area contributed by atoms with Crippen molar-refractivity contribution in [1.29, 1.82) is 0 Å². The molecular weight excluding hydrogens is 218 g/mol. The lowest BCUT2D eigenvalue weighted by Crippen LogP contribution is -1.95. The van der Waals surface area contributed by atoms with Crippen molar-refractivity contribution < 1.29 is 0 Å². The van der Waals surface area contributed by atoms with E-state index in [-0.39, 0.29) is 0 Å². The third-order valence-electron chi connectivity index (χ3n) is 1.75. The second-order valence-corrected chi connectivity index (χ2v) is 2.84. The maximum Gasteiger partial charge on any atom is 0.0384 e. The Kier molecular flexibility index (Phi) is 15.7. The lowest BCUT2D eigenvalue weighted by Gasteiger charge is -2.05. The summed E-state index contributed by atoms with van der Waals surface area (Å²) in [5.74, 6) is 0. The number of rotatable bonds is 4. The predicted molar refractivity (Wildman–Crippen MR) is 85.9 cm³/mol. The van der Waals surface area contributed by atoms with Crippen LogP contribution in [0.4, 0.5) is 5.69 Å². The summed E-state index contributed by atoms with van der Waals surface area (Å²) in [5, 5.41) is 3.26. The first kappa shape index (κ1) is 18.6. The maximum atomic E-state index is 3.75. The molecule has 1 heteroatoms. The number of nitrogens with one attached hydrogen (secondary N) is 1. The van der Waals surface area contributed by atoms with E-state index >= 15 is 0 Å². The molecule has 0 aromatic heterocycles. The van der Waals surface area contributed by atoms with Gasteiger partial charge in [-0.3, -0.25) is 0 Å². The molecule has 0 heterocycles. The van der Waals surface area contributed by atoms with Crippen molar-refractivity contribution in [1.82, 2.24) is 0 Å². The van der Waals surface area contributed by atoms with Crippen molar-refractivity contribution in [2.24, 2.45) is 0 Å². The monoisotopic (exact) mass is 245 g/mol. The second kappa shape index (κ2) is 15.2. The Morgan fingerprint density at radius 3 is 2.06 bits per heavy atom. The maximum absolute atomic E-state index is 3.75. The summed E-state index contributed by atoms with van der Waals surface area (Å²) in [6, 6.07) is 10.0. The molecule has 0 saturated carbocycles. The normalized spacial score (nSPS) is 9.72. The van der Waals surface area contributed by atoms with E-state index in [1.54, 1.807) is 6.08 Å². The Balaban J connectivity index is 0. The largest absolute Gasteiger partial charge is 0.356 e. The van der Waals surface area contributed by atoms with E-state index in [1.807, 2.05) is 83.2 Å². The molecule has 1 rings (SSSR count). The van der Waals surface area contributed by atoms with Gasteiger partial charge in [-0.1, -0.05) is 64.6 Å². The summed E-state index contributed by atoms with van der Waals surface area (Å²) < 4.78 is 0. The SMILES string of the molecule is C=C/C(=C\C=C/C)Nc1ccccc1.CC.CC. The van der Waals surface area contributed by atoms with Crippen LogP contribution < -0.4 is 5.32 Å². The van der Waals surface area contributed by atoms with Crippen molar-refractivity contribution in [2.45, 2.75) is 34.6 Å². The Bertz CT molecular complexity index is 334. The van der Waals surface area contributed by atoms with Crippen LogP contribution in [0, 0.1) is 0 Å². The van der Waals surface area contributed by atoms with Crippen LogP contribution in [0.3, 0.4) is 0 Å². The third kappa shape index (κ3) is 9.46. The van der Waals surface area contributed by atoms with Gasteiger partial charge in [0.1, 0.15) is 0 Å². The highest BCUT2D eigenvalue weighted by Crippen LogP contribution is 2.09. The number of hydrogen-bond acceptors (Lipinski definition) is 1. The molecule has 1 aromatic carbocycles. The van der Waals surface area contributed by atoms with Gasteiger partial charge in [-0.15, -0.1) is 0 Å². The highest BCUT2D eigenvalue weighted by Gasteiger charge is 1.90. The number of para-hydroxylation sites is 1. The molecule has 0 amide bonds. The number of anilines is 1. The van der Waals surface area contributed by atoms with E-state index in [0.29, 0.717) is 0 Å². The predicted octanol–water partition coefficient (Wildman–Crippen LogP) is 5.80. The quantitative estimate of drug-likeness (QED) is 0.661. The molecule has 0 saturated heterocycles. The van der Waals surface area contributed by atoms with Crippen molar-refractivity contribution in [3.8, 4) is 0 Å². The fourth-order valence-electron chi connectivity index (χ4n) is 1.05. The number of benzene rings is 1. The van der Waals surface area contributed by atoms with Crippen LogP contribution in [0.1, 0.15) is 34.6 Å². The molecule has 1 N–H and O–H groups in total. The van der Waals surface area contributed by atoms with Gasteiger partial charge in [-0.25, -0.2) is 0 Å². The minimum Gasteiger partial charge on any atom is -0.356 e. The molecule has 0 aliphatic heterocycles. The van der Waals surface area contributed by atoms with E-state index in [2.05, 4.69) is 11.9 Å². The lowest BCUT2D eigenvalue weighted by molar-refractivity contribution is 1.48. The van der Waals surface area contributed by atoms with Gasteiger partial charge in [0.2, 0.25) is 0 Å². The first-order chi connectivity index (χ1) is 8.86. The number of allylic oxidation sites excluding steroid dienone is 4. The van der Waals surface area contributed by atoms with Crippen LogP contribution in [0.5, 0.6) is 0 Å². The van der Waals surface area contributed by atoms with E-state index in [0.717, 1.165) is 11.4 Å². The average Bonchev–Trinajstić information content (AvgIpc) is 2.48. The van der Waals surface area contributed by atoms with Gasteiger partial charge in [0.25, 0.3) is 0 Å². The summed E-state index contributed by atoms with van der Waals surface area (Å²) in [6.07, 6.45) is 7.75. The smallest absolute Gasteiger partial charge is 0.0384 e. The van der Waals surface area contributed by atoms with E-state index in [1.165, 1.54) is 0 Å². The topological polar surface area (TPSA) is 12.0 Å². The van der Waals surface area contributed by atoms with Gasteiger partial charge in [0.05, 0.1) is 0 Å². The first-order valence-corrected chi connectivity index (χ1v) is 6.64. The Morgan fingerprint density at radius 2 is 1.61 bits per heavy atom. The molecule has 100 valence electrons. The zero-order valence-electron chi connectivity index (χ0n) is 12.4. The molecule has 1 nitrogen and oxygen atoms in total. The van der Waals surface area contributed by atoms with E-state index in [4.69, 9.17) is 0 Å². The van der Waals surface area contributed by atoms with E-state index in [9.17, 15) is 0 Å². The first-order valence-electron chi connectivity index (χ1n) is 6.64. The fourth-order valence-corrected chi connectivity index (χ4v) is 1.05. The van der Waals surface area contributed by atoms with Gasteiger partial charge in [0.15, 0.2) is 0 Å². The zero-order chi connectivity index (χ0) is 14.2. The zero-order valence-corrected chi connectivity index (χ0v) is 12.4. The molecular formula is C17H27N. The van der Waals surface area contributed by atoms with Crippen LogP contribution in [0.25, 0.3) is 0 Å². The summed E-state index contributed by atoms with van der Waals surface area (Å²) in [4.78, 5) is 0. The molecule has 0 bridgehead atoms. The van der Waals surface area contributed by atoms with Crippen LogP contribution in [0.15, 0.2) is 66.9 Å². The Hall–Kier alpha value is -1.76. The number of hydrogen-bond donors (Lipinski definition) is 1. The third-order valence-corrected chi connectivity index (χ3v) is 1.75. The van der Waals surface area contributed by atoms with E-state index < -0.39 is 0 Å². The molecule has 1 aromatic rings. The summed E-state index contributed by atoms with van der Waals surface area (Å²) >= 11 is 0. The van der Waals surface area contributed by atoms with Gasteiger partial charge in [-0.2, -0.15) is 0 Å². The minimum absolute atomic E-state index is 0.995. The highest BCUT2D eigenvalue weighted by atomic mass is 14.9. The van der Waals surface area contributed by atoms with Gasteiger partial charge >= 0.3 is 0 Å². The summed E-state index contributed by atoms with van der Waals surface area (Å²) in [7, 11) is 0. The standard InChI is InChI=1S/C13H15N.2C2H6/c1-3-5-9-12(4-2)14-13-10-7-6-8-11-13;2*1-2/h3-11,14H,2H2,1H3;2*1-2H3/b5-3-,12-9+;;. The van der Waals surface area contributed by atoms with Gasteiger partial charge in [-0.05, 0) is 31.2 Å². The van der Waals surface area contributed by atoms with Crippen molar-refractivity contribution in [3.05, 3.63) is 66.9 Å². The summed E-state index contributed by atoms with van der Waals surface area (Å²) in [6.45, 7) is 13.7. The molecule has 0 aliphatic carbocycles. The Morgan fingerprint density at radius 1 is 1.06 bits per heavy atom. The molecule has 0 fully saturated rings. The second-order valence-electron chi connectivity index (χ2n) is 2.84. The molecule has 0 radical (unpaired) electrons. The van der Waals surface area contributed by atoms with Crippen LogP contribution in [-0.4, -0.2) is 0 Å². The Labute approximate surface area is 113 Å². The van der Waals surface area contributed by atoms with Crippen molar-refractivity contribution in [3.63, 3.8) is 0 Å².